The number of anilines is 1. The molecule has 3 atom stereocenters. The highest BCUT2D eigenvalue weighted by molar-refractivity contribution is 6.00. The zero-order valence-corrected chi connectivity index (χ0v) is 23.0. The van der Waals surface area contributed by atoms with Gasteiger partial charge in [0.25, 0.3) is 5.91 Å². The van der Waals surface area contributed by atoms with Crippen LogP contribution in [0.1, 0.15) is 40.9 Å². The molecule has 40 heavy (non-hydrogen) atoms. The lowest BCUT2D eigenvalue weighted by molar-refractivity contribution is -0.0125. The van der Waals surface area contributed by atoms with Gasteiger partial charge in [-0.3, -0.25) is 15.0 Å². The summed E-state index contributed by atoms with van der Waals surface area (Å²) in [7, 11) is 0. The second kappa shape index (κ2) is 12.6. The summed E-state index contributed by atoms with van der Waals surface area (Å²) in [5.74, 6) is -0.133. The fourth-order valence-electron chi connectivity index (χ4n) is 6.09. The third-order valence-electron chi connectivity index (χ3n) is 8.47. The molecule has 3 fully saturated rings. The lowest BCUT2D eigenvalue weighted by Gasteiger charge is -2.39. The van der Waals surface area contributed by atoms with Crippen molar-refractivity contribution < 1.29 is 14.3 Å². The van der Waals surface area contributed by atoms with Crippen LogP contribution in [0.3, 0.4) is 0 Å². The molecule has 6 rings (SSSR count). The van der Waals surface area contributed by atoms with Gasteiger partial charge in [-0.2, -0.15) is 0 Å². The minimum atomic E-state index is -0.323. The van der Waals surface area contributed by atoms with E-state index in [4.69, 9.17) is 4.74 Å². The Morgan fingerprint density at radius 2 is 1.80 bits per heavy atom. The topological polar surface area (TPSA) is 134 Å². The molecule has 3 amide bonds. The summed E-state index contributed by atoms with van der Waals surface area (Å²) >= 11 is 0. The molecule has 0 saturated carbocycles. The Hall–Kier alpha value is -3.12. The number of carbonyl (C=O) groups is 2. The first-order chi connectivity index (χ1) is 19.6. The molecule has 2 aromatic rings. The van der Waals surface area contributed by atoms with Crippen LogP contribution in [0.15, 0.2) is 36.7 Å². The van der Waals surface area contributed by atoms with E-state index in [-0.39, 0.29) is 35.6 Å². The quantitative estimate of drug-likeness (QED) is 0.342. The molecule has 4 N–H and O–H groups in total. The molecule has 3 saturated heterocycles. The number of urea groups is 1. The van der Waals surface area contributed by atoms with E-state index in [1.165, 1.54) is 23.5 Å². The zero-order chi connectivity index (χ0) is 27.3. The van der Waals surface area contributed by atoms with E-state index < -0.39 is 0 Å². The van der Waals surface area contributed by atoms with Gasteiger partial charge in [0.2, 0.25) is 0 Å². The molecule has 1 aromatic carbocycles. The number of piperazine rings is 1. The van der Waals surface area contributed by atoms with Crippen molar-refractivity contribution in [3.63, 3.8) is 0 Å². The molecular formula is C29H40N8O3. The van der Waals surface area contributed by atoms with Gasteiger partial charge in [0.05, 0.1) is 12.7 Å². The number of rotatable bonds is 9. The maximum absolute atomic E-state index is 13.2. The number of fused-ring (bicyclic) bond motifs is 1. The first-order valence-corrected chi connectivity index (χ1v) is 14.7. The summed E-state index contributed by atoms with van der Waals surface area (Å²) in [4.78, 5) is 39.1. The molecule has 0 spiro atoms. The molecule has 214 valence electrons. The molecule has 11 heteroatoms. The fourth-order valence-corrected chi connectivity index (χ4v) is 6.09. The molecule has 4 heterocycles. The van der Waals surface area contributed by atoms with Crippen LogP contribution < -0.4 is 21.3 Å². The number of hydrogen-bond acceptors (Lipinski definition) is 8. The Labute approximate surface area is 235 Å². The van der Waals surface area contributed by atoms with Gasteiger partial charge >= 0.3 is 6.03 Å². The molecule has 4 aliphatic rings. The van der Waals surface area contributed by atoms with Crippen molar-refractivity contribution in [3.05, 3.63) is 53.5 Å². The number of benzene rings is 1. The van der Waals surface area contributed by atoms with Crippen LogP contribution in [-0.2, 0) is 17.6 Å². The van der Waals surface area contributed by atoms with Crippen molar-refractivity contribution in [1.82, 2.24) is 35.7 Å². The van der Waals surface area contributed by atoms with Crippen molar-refractivity contribution >= 4 is 17.8 Å². The van der Waals surface area contributed by atoms with E-state index in [9.17, 15) is 9.59 Å². The number of carbonyl (C=O) groups excluding carboxylic acids is 2. The number of ether oxygens (including phenoxy) is 1. The Balaban J connectivity index is 1.01. The number of hydrogen-bond donors (Lipinski definition) is 4. The van der Waals surface area contributed by atoms with Crippen LogP contribution in [0.5, 0.6) is 0 Å². The van der Waals surface area contributed by atoms with Gasteiger partial charge in [-0.25, -0.2) is 14.8 Å². The van der Waals surface area contributed by atoms with Crippen molar-refractivity contribution in [2.45, 2.75) is 56.3 Å². The van der Waals surface area contributed by atoms with Gasteiger partial charge in [-0.1, -0.05) is 24.3 Å². The average Bonchev–Trinajstić information content (AvgIpc) is 3.72. The first kappa shape index (κ1) is 27.1. The molecule has 0 bridgehead atoms. The first-order valence-electron chi connectivity index (χ1n) is 14.7. The largest absolute Gasteiger partial charge is 0.375 e. The molecule has 11 nitrogen and oxygen atoms in total. The number of nitrogens with zero attached hydrogens (tertiary/aromatic N) is 4. The SMILES string of the molecule is O=C(NC1Cc2ccccc2C1)c1nccnc1NC(=O)N1CCN(C(COC2CCCNC2)CC2CN2)CC1. The summed E-state index contributed by atoms with van der Waals surface area (Å²) in [6.07, 6.45) is 8.18. The van der Waals surface area contributed by atoms with E-state index in [0.717, 1.165) is 71.4 Å². The predicted octanol–water partition coefficient (Wildman–Crippen LogP) is 1.02. The predicted molar refractivity (Wildman–Crippen MR) is 151 cm³/mol. The molecular weight excluding hydrogens is 508 g/mol. The maximum Gasteiger partial charge on any atom is 0.323 e. The summed E-state index contributed by atoms with van der Waals surface area (Å²) < 4.78 is 6.30. The molecule has 0 radical (unpaired) electrons. The van der Waals surface area contributed by atoms with Crippen molar-refractivity contribution in [3.8, 4) is 0 Å². The average molecular weight is 549 g/mol. The fraction of sp³-hybridized carbons (Fsp3) is 0.586. The van der Waals surface area contributed by atoms with Gasteiger partial charge in [-0.05, 0) is 49.8 Å². The number of amides is 3. The van der Waals surface area contributed by atoms with Crippen LogP contribution in [0.4, 0.5) is 10.6 Å². The number of nitrogens with one attached hydrogen (secondary N) is 4. The molecule has 3 unspecified atom stereocenters. The highest BCUT2D eigenvalue weighted by Gasteiger charge is 2.32. The Morgan fingerprint density at radius 1 is 1.05 bits per heavy atom. The lowest BCUT2D eigenvalue weighted by atomic mass is 10.1. The Morgan fingerprint density at radius 3 is 2.50 bits per heavy atom. The van der Waals surface area contributed by atoms with E-state index in [1.54, 1.807) is 4.90 Å². The highest BCUT2D eigenvalue weighted by Crippen LogP contribution is 2.23. The third kappa shape index (κ3) is 6.77. The van der Waals surface area contributed by atoms with Crippen molar-refractivity contribution in [1.29, 1.82) is 0 Å². The standard InChI is InChI=1S/C29H40N8O3/c38-28(34-22-14-20-4-1-2-5-21(20)15-22)26-27(32-9-8-31-26)35-29(39)37-12-10-36(11-13-37)24(16-23-17-33-23)19-40-25-6-3-7-30-18-25/h1-2,4-5,8-9,22-25,30,33H,3,6-7,10-19H2,(H,34,38)(H,32,35,39). The summed E-state index contributed by atoms with van der Waals surface area (Å²) in [5.41, 5.74) is 2.65. The highest BCUT2D eigenvalue weighted by atomic mass is 16.5. The van der Waals surface area contributed by atoms with Crippen LogP contribution >= 0.6 is 0 Å². The zero-order valence-electron chi connectivity index (χ0n) is 23.0. The monoisotopic (exact) mass is 548 g/mol. The molecule has 3 aliphatic heterocycles. The van der Waals surface area contributed by atoms with Gasteiger partial charge < -0.3 is 25.6 Å². The minimum Gasteiger partial charge on any atom is -0.375 e. The number of piperidine rings is 1. The second-order valence-electron chi connectivity index (χ2n) is 11.4. The van der Waals surface area contributed by atoms with E-state index in [1.807, 2.05) is 12.1 Å². The van der Waals surface area contributed by atoms with E-state index in [2.05, 4.69) is 48.3 Å². The summed E-state index contributed by atoms with van der Waals surface area (Å²) in [6.45, 7) is 6.59. The van der Waals surface area contributed by atoms with Gasteiger partial charge in [0.15, 0.2) is 11.5 Å². The van der Waals surface area contributed by atoms with Crippen LogP contribution in [-0.4, -0.2) is 108 Å². The van der Waals surface area contributed by atoms with Gasteiger partial charge in [0.1, 0.15) is 0 Å². The molecule has 1 aliphatic carbocycles. The summed E-state index contributed by atoms with van der Waals surface area (Å²) in [5, 5.41) is 12.8. The van der Waals surface area contributed by atoms with E-state index >= 15 is 0 Å². The minimum absolute atomic E-state index is 0.000626. The Bertz CT molecular complexity index is 1150. The van der Waals surface area contributed by atoms with Crippen molar-refractivity contribution in [2.24, 2.45) is 0 Å². The Kier molecular flexibility index (Phi) is 8.52. The molecule has 1 aromatic heterocycles. The smallest absolute Gasteiger partial charge is 0.323 e. The van der Waals surface area contributed by atoms with Crippen molar-refractivity contribution in [2.75, 3.05) is 57.7 Å². The van der Waals surface area contributed by atoms with E-state index in [0.29, 0.717) is 25.2 Å². The lowest BCUT2D eigenvalue weighted by Crippen LogP contribution is -2.54. The van der Waals surface area contributed by atoms with Gasteiger partial charge in [-0.15, -0.1) is 0 Å². The van der Waals surface area contributed by atoms with Crippen LogP contribution in [0.2, 0.25) is 0 Å². The summed E-state index contributed by atoms with van der Waals surface area (Å²) in [6, 6.07) is 8.89. The number of aromatic nitrogens is 2. The van der Waals surface area contributed by atoms with Crippen LogP contribution in [0.25, 0.3) is 0 Å². The van der Waals surface area contributed by atoms with Gasteiger partial charge in [0, 0.05) is 69.8 Å². The maximum atomic E-state index is 13.2. The normalized spacial score (nSPS) is 23.9. The second-order valence-corrected chi connectivity index (χ2v) is 11.4. The van der Waals surface area contributed by atoms with Crippen LogP contribution in [0, 0.1) is 0 Å². The third-order valence-corrected chi connectivity index (χ3v) is 8.47.